The van der Waals surface area contributed by atoms with E-state index in [0.29, 0.717) is 33.5 Å². The molecule has 1 amide bonds. The maximum absolute atomic E-state index is 13.9. The molecule has 7 nitrogen and oxygen atoms in total. The fraction of sp³-hybridized carbons (Fsp3) is 0.286. The number of amides is 1. The largest absolute Gasteiger partial charge is 0.497 e. The minimum atomic E-state index is -0.504. The van der Waals surface area contributed by atoms with Crippen LogP contribution in [0.15, 0.2) is 52.1 Å². The highest BCUT2D eigenvalue weighted by Crippen LogP contribution is 2.27. The average Bonchev–Trinajstić information content (AvgIpc) is 3.17. The first-order valence-electron chi connectivity index (χ1n) is 9.52. The monoisotopic (exact) mass is 508 g/mol. The molecular weight excluding hydrogens is 487 g/mol. The van der Waals surface area contributed by atoms with Crippen molar-refractivity contribution >= 4 is 39.3 Å². The molecule has 0 spiro atoms. The highest BCUT2D eigenvalue weighted by Gasteiger charge is 2.20. The van der Waals surface area contributed by atoms with E-state index in [0.717, 1.165) is 0 Å². The normalized spacial score (nSPS) is 11.8. The van der Waals surface area contributed by atoms with Crippen LogP contribution in [-0.4, -0.2) is 33.5 Å². The second-order valence-electron chi connectivity index (χ2n) is 6.49. The Morgan fingerprint density at radius 3 is 2.74 bits per heavy atom. The average molecular weight is 509 g/mol. The highest BCUT2D eigenvalue weighted by molar-refractivity contribution is 9.10. The Morgan fingerprint density at radius 2 is 2.03 bits per heavy atom. The summed E-state index contributed by atoms with van der Waals surface area (Å²) in [7, 11) is 1.60. The number of thioether (sulfide) groups is 1. The number of anilines is 1. The van der Waals surface area contributed by atoms with Gasteiger partial charge in [0.25, 0.3) is 0 Å². The molecule has 0 saturated heterocycles. The molecule has 2 aromatic carbocycles. The molecule has 0 radical (unpaired) electrons. The second-order valence-corrected chi connectivity index (χ2v) is 8.34. The Hall–Kier alpha value is -2.59. The van der Waals surface area contributed by atoms with E-state index >= 15 is 0 Å². The first kappa shape index (κ1) is 23.1. The predicted molar refractivity (Wildman–Crippen MR) is 121 cm³/mol. The van der Waals surface area contributed by atoms with Gasteiger partial charge in [0.05, 0.1) is 18.6 Å². The van der Waals surface area contributed by atoms with Crippen LogP contribution in [0.4, 0.5) is 10.1 Å². The molecule has 3 aromatic rings. The molecule has 164 valence electrons. The molecule has 1 aromatic heterocycles. The third-order valence-corrected chi connectivity index (χ3v) is 5.78. The van der Waals surface area contributed by atoms with Crippen molar-refractivity contribution in [1.29, 1.82) is 0 Å². The molecular formula is C21H22BrFN4O3S. The predicted octanol–water partition coefficient (Wildman–Crippen LogP) is 5.08. The third-order valence-electron chi connectivity index (χ3n) is 4.32. The maximum Gasteiger partial charge on any atom is 0.234 e. The number of halogens is 2. The van der Waals surface area contributed by atoms with Gasteiger partial charge in [0, 0.05) is 17.1 Å². The molecule has 1 heterocycles. The summed E-state index contributed by atoms with van der Waals surface area (Å²) in [6.07, 6.45) is -0.361. The molecule has 0 aliphatic rings. The van der Waals surface area contributed by atoms with Gasteiger partial charge in [0.1, 0.15) is 17.3 Å². The standard InChI is InChI=1S/C21H22BrFN4O3S/c1-4-27-20(13(2)30-16-7-5-6-15(11-16)29-3)25-26-21(27)31-12-19(28)24-18-9-8-14(22)10-17(18)23/h5-11,13H,4,12H2,1-3H3,(H,24,28). The fourth-order valence-corrected chi connectivity index (χ4v) is 3.99. The van der Waals surface area contributed by atoms with Gasteiger partial charge in [0.2, 0.25) is 5.91 Å². The Labute approximate surface area is 192 Å². The van der Waals surface area contributed by atoms with E-state index in [-0.39, 0.29) is 23.5 Å². The molecule has 1 atom stereocenters. The van der Waals surface area contributed by atoms with Crippen molar-refractivity contribution in [2.45, 2.75) is 31.7 Å². The van der Waals surface area contributed by atoms with Gasteiger partial charge in [-0.2, -0.15) is 0 Å². The number of rotatable bonds is 9. The first-order chi connectivity index (χ1) is 14.9. The molecule has 0 fully saturated rings. The first-order valence-corrected chi connectivity index (χ1v) is 11.3. The lowest BCUT2D eigenvalue weighted by atomic mass is 10.3. The van der Waals surface area contributed by atoms with E-state index in [2.05, 4.69) is 31.4 Å². The van der Waals surface area contributed by atoms with Crippen molar-refractivity contribution in [3.63, 3.8) is 0 Å². The van der Waals surface area contributed by atoms with Crippen LogP contribution in [0.5, 0.6) is 11.5 Å². The van der Waals surface area contributed by atoms with Crippen LogP contribution in [0.1, 0.15) is 25.8 Å². The van der Waals surface area contributed by atoms with Gasteiger partial charge in [-0.05, 0) is 44.2 Å². The zero-order valence-corrected chi connectivity index (χ0v) is 19.7. The van der Waals surface area contributed by atoms with Crippen molar-refractivity contribution in [3.8, 4) is 11.5 Å². The zero-order valence-electron chi connectivity index (χ0n) is 17.3. The van der Waals surface area contributed by atoms with Crippen molar-refractivity contribution < 1.29 is 18.7 Å². The number of hydrogen-bond donors (Lipinski definition) is 1. The summed E-state index contributed by atoms with van der Waals surface area (Å²) in [5.41, 5.74) is 0.131. The van der Waals surface area contributed by atoms with Crippen LogP contribution in [0.25, 0.3) is 0 Å². The smallest absolute Gasteiger partial charge is 0.234 e. The van der Waals surface area contributed by atoms with E-state index in [9.17, 15) is 9.18 Å². The molecule has 1 unspecified atom stereocenters. The summed E-state index contributed by atoms with van der Waals surface area (Å²) in [6, 6.07) is 11.8. The highest BCUT2D eigenvalue weighted by atomic mass is 79.9. The summed E-state index contributed by atoms with van der Waals surface area (Å²) in [4.78, 5) is 12.3. The summed E-state index contributed by atoms with van der Waals surface area (Å²) < 4.78 is 27.6. The number of benzene rings is 2. The van der Waals surface area contributed by atoms with E-state index in [1.165, 1.54) is 23.9 Å². The molecule has 0 saturated carbocycles. The van der Waals surface area contributed by atoms with Gasteiger partial charge in [0.15, 0.2) is 17.1 Å². The summed E-state index contributed by atoms with van der Waals surface area (Å²) in [6.45, 7) is 4.46. The van der Waals surface area contributed by atoms with Crippen molar-refractivity contribution in [2.24, 2.45) is 0 Å². The minimum Gasteiger partial charge on any atom is -0.497 e. The van der Waals surface area contributed by atoms with Crippen molar-refractivity contribution in [2.75, 3.05) is 18.2 Å². The van der Waals surface area contributed by atoms with Gasteiger partial charge < -0.3 is 19.4 Å². The summed E-state index contributed by atoms with van der Waals surface area (Å²) in [5, 5.41) is 11.6. The van der Waals surface area contributed by atoms with Gasteiger partial charge in [-0.1, -0.05) is 33.8 Å². The van der Waals surface area contributed by atoms with Crippen molar-refractivity contribution in [3.05, 3.63) is 58.6 Å². The Morgan fingerprint density at radius 1 is 1.26 bits per heavy atom. The molecule has 1 N–H and O–H groups in total. The molecule has 31 heavy (non-hydrogen) atoms. The van der Waals surface area contributed by atoms with E-state index in [4.69, 9.17) is 9.47 Å². The lowest BCUT2D eigenvalue weighted by Crippen LogP contribution is -2.16. The number of nitrogens with zero attached hydrogens (tertiary/aromatic N) is 3. The number of hydrogen-bond acceptors (Lipinski definition) is 6. The number of nitrogens with one attached hydrogen (secondary N) is 1. The van der Waals surface area contributed by atoms with Crippen molar-refractivity contribution in [1.82, 2.24) is 14.8 Å². The Balaban J connectivity index is 1.64. The minimum absolute atomic E-state index is 0.0682. The Kier molecular flexibility index (Phi) is 7.91. The number of methoxy groups -OCH3 is 1. The zero-order chi connectivity index (χ0) is 22.4. The van der Waals surface area contributed by atoms with Gasteiger partial charge in [-0.15, -0.1) is 10.2 Å². The van der Waals surface area contributed by atoms with Crippen LogP contribution >= 0.6 is 27.7 Å². The molecule has 3 rings (SSSR count). The second kappa shape index (κ2) is 10.6. The quantitative estimate of drug-likeness (QED) is 0.406. The topological polar surface area (TPSA) is 78.3 Å². The molecule has 0 aliphatic carbocycles. The van der Waals surface area contributed by atoms with E-state index in [1.807, 2.05) is 36.6 Å². The van der Waals surface area contributed by atoms with Crippen LogP contribution < -0.4 is 14.8 Å². The lowest BCUT2D eigenvalue weighted by molar-refractivity contribution is -0.113. The summed E-state index contributed by atoms with van der Waals surface area (Å²) >= 11 is 4.42. The van der Waals surface area contributed by atoms with E-state index < -0.39 is 5.82 Å². The molecule has 0 aliphatic heterocycles. The fourth-order valence-electron chi connectivity index (χ4n) is 2.84. The van der Waals surface area contributed by atoms with Crippen LogP contribution in [-0.2, 0) is 11.3 Å². The number of ether oxygens (including phenoxy) is 2. The van der Waals surface area contributed by atoms with Crippen LogP contribution in [0.3, 0.4) is 0 Å². The van der Waals surface area contributed by atoms with Gasteiger partial charge in [-0.25, -0.2) is 4.39 Å². The molecule has 10 heteroatoms. The molecule has 0 bridgehead atoms. The van der Waals surface area contributed by atoms with Crippen LogP contribution in [0.2, 0.25) is 0 Å². The lowest BCUT2D eigenvalue weighted by Gasteiger charge is -2.16. The number of carbonyl (C=O) groups excluding carboxylic acids is 1. The van der Waals surface area contributed by atoms with Gasteiger partial charge in [-0.3, -0.25) is 4.79 Å². The number of carbonyl (C=O) groups is 1. The van der Waals surface area contributed by atoms with Gasteiger partial charge >= 0.3 is 0 Å². The number of aromatic nitrogens is 3. The maximum atomic E-state index is 13.9. The van der Waals surface area contributed by atoms with Crippen LogP contribution in [0, 0.1) is 5.82 Å². The summed E-state index contributed by atoms with van der Waals surface area (Å²) in [5.74, 6) is 1.23. The third kappa shape index (κ3) is 5.98. The Bertz CT molecular complexity index is 1060. The van der Waals surface area contributed by atoms with E-state index in [1.54, 1.807) is 19.2 Å². The SMILES string of the molecule is CCn1c(SCC(=O)Nc2ccc(Br)cc2F)nnc1C(C)Oc1cccc(OC)c1.